The third-order valence-corrected chi connectivity index (χ3v) is 6.12. The van der Waals surface area contributed by atoms with Crippen molar-refractivity contribution in [3.63, 3.8) is 0 Å². The van der Waals surface area contributed by atoms with Gasteiger partial charge in [-0.15, -0.1) is 11.8 Å². The molecule has 0 aromatic heterocycles. The van der Waals surface area contributed by atoms with E-state index in [4.69, 9.17) is 5.73 Å². The smallest absolute Gasteiger partial charge is 0.0709 e. The molecule has 0 radical (unpaired) electrons. The van der Waals surface area contributed by atoms with Crippen molar-refractivity contribution in [2.24, 2.45) is 11.7 Å². The minimum Gasteiger partial charge on any atom is -0.389 e. The molecule has 2 atom stereocenters. The van der Waals surface area contributed by atoms with Crippen LogP contribution in [0.4, 0.5) is 5.69 Å². The fraction of sp³-hybridized carbons (Fsp3) is 0.647. The standard InChI is InChI=1S/C17H26N2OS/c1-21-16-7-4-6-15(14(16)11-18)19-10-9-17(20)8-3-2-5-13(17)12-19/h4,6-7,13,20H,2-3,5,8-12,18H2,1H3. The summed E-state index contributed by atoms with van der Waals surface area (Å²) in [5, 5.41) is 10.8. The fourth-order valence-corrected chi connectivity index (χ4v) is 4.69. The maximum Gasteiger partial charge on any atom is 0.0709 e. The van der Waals surface area contributed by atoms with Crippen LogP contribution in [-0.4, -0.2) is 30.1 Å². The molecule has 1 aliphatic heterocycles. The summed E-state index contributed by atoms with van der Waals surface area (Å²) in [5.74, 6) is 0.420. The van der Waals surface area contributed by atoms with Gasteiger partial charge < -0.3 is 15.7 Å². The van der Waals surface area contributed by atoms with Gasteiger partial charge in [-0.1, -0.05) is 18.9 Å². The molecule has 116 valence electrons. The van der Waals surface area contributed by atoms with Crippen molar-refractivity contribution in [1.82, 2.24) is 0 Å². The average Bonchev–Trinajstić information content (AvgIpc) is 2.53. The SMILES string of the molecule is CSc1cccc(N2CCC3(O)CCCCC3C2)c1CN. The second-order valence-electron chi connectivity index (χ2n) is 6.40. The quantitative estimate of drug-likeness (QED) is 0.843. The minimum atomic E-state index is -0.408. The van der Waals surface area contributed by atoms with Crippen LogP contribution < -0.4 is 10.6 Å². The van der Waals surface area contributed by atoms with Crippen molar-refractivity contribution >= 4 is 17.4 Å². The Morgan fingerprint density at radius 3 is 3.00 bits per heavy atom. The number of anilines is 1. The topological polar surface area (TPSA) is 49.5 Å². The fourth-order valence-electron chi connectivity index (χ4n) is 4.04. The Kier molecular flexibility index (Phi) is 4.48. The zero-order chi connectivity index (χ0) is 14.9. The first kappa shape index (κ1) is 15.2. The molecule has 2 aliphatic rings. The van der Waals surface area contributed by atoms with E-state index in [-0.39, 0.29) is 0 Å². The van der Waals surface area contributed by atoms with Crippen molar-refractivity contribution in [3.8, 4) is 0 Å². The molecule has 0 bridgehead atoms. The number of benzene rings is 1. The van der Waals surface area contributed by atoms with Gasteiger partial charge in [0.15, 0.2) is 0 Å². The van der Waals surface area contributed by atoms with Gasteiger partial charge in [0, 0.05) is 41.7 Å². The van der Waals surface area contributed by atoms with Gasteiger partial charge in [-0.2, -0.15) is 0 Å². The first-order chi connectivity index (χ1) is 10.2. The van der Waals surface area contributed by atoms with Crippen LogP contribution in [0, 0.1) is 5.92 Å². The predicted octanol–water partition coefficient (Wildman–Crippen LogP) is 3.00. The number of aliphatic hydroxyl groups is 1. The highest BCUT2D eigenvalue weighted by molar-refractivity contribution is 7.98. The highest BCUT2D eigenvalue weighted by Crippen LogP contribution is 2.42. The van der Waals surface area contributed by atoms with E-state index in [9.17, 15) is 5.11 Å². The zero-order valence-electron chi connectivity index (χ0n) is 12.8. The molecule has 1 heterocycles. The molecule has 21 heavy (non-hydrogen) atoms. The van der Waals surface area contributed by atoms with Crippen molar-refractivity contribution in [2.75, 3.05) is 24.2 Å². The Morgan fingerprint density at radius 2 is 2.24 bits per heavy atom. The summed E-state index contributed by atoms with van der Waals surface area (Å²) in [6, 6.07) is 6.47. The molecule has 1 aromatic carbocycles. The molecule has 4 heteroatoms. The van der Waals surface area contributed by atoms with Gasteiger partial charge >= 0.3 is 0 Å². The van der Waals surface area contributed by atoms with Crippen LogP contribution in [0.2, 0.25) is 0 Å². The lowest BCUT2D eigenvalue weighted by Crippen LogP contribution is -2.53. The number of nitrogens with two attached hydrogens (primary N) is 1. The molecule has 1 saturated heterocycles. The van der Waals surface area contributed by atoms with Gasteiger partial charge in [0.1, 0.15) is 0 Å². The third kappa shape index (κ3) is 2.81. The first-order valence-corrected chi connectivity index (χ1v) is 9.23. The normalized spacial score (nSPS) is 29.3. The summed E-state index contributed by atoms with van der Waals surface area (Å²) < 4.78 is 0. The maximum atomic E-state index is 10.8. The zero-order valence-corrected chi connectivity index (χ0v) is 13.7. The molecule has 3 N–H and O–H groups in total. The molecule has 0 amide bonds. The van der Waals surface area contributed by atoms with Gasteiger partial charge in [0.2, 0.25) is 0 Å². The van der Waals surface area contributed by atoms with E-state index in [1.807, 2.05) is 0 Å². The monoisotopic (exact) mass is 306 g/mol. The minimum absolute atomic E-state index is 0.408. The van der Waals surface area contributed by atoms with E-state index in [1.165, 1.54) is 29.0 Å². The second kappa shape index (κ2) is 6.19. The number of rotatable bonds is 3. The number of thioether (sulfide) groups is 1. The summed E-state index contributed by atoms with van der Waals surface area (Å²) in [7, 11) is 0. The van der Waals surface area contributed by atoms with E-state index in [0.717, 1.165) is 32.4 Å². The van der Waals surface area contributed by atoms with E-state index in [1.54, 1.807) is 11.8 Å². The summed E-state index contributed by atoms with van der Waals surface area (Å²) >= 11 is 1.76. The van der Waals surface area contributed by atoms with Crippen LogP contribution in [0.1, 0.15) is 37.7 Å². The average molecular weight is 306 g/mol. The lowest BCUT2D eigenvalue weighted by Gasteiger charge is -2.48. The Bertz CT molecular complexity index is 508. The number of nitrogens with zero attached hydrogens (tertiary/aromatic N) is 1. The summed E-state index contributed by atoms with van der Waals surface area (Å²) in [6.07, 6.45) is 7.59. The van der Waals surface area contributed by atoms with Crippen molar-refractivity contribution in [2.45, 2.75) is 49.1 Å². The first-order valence-electron chi connectivity index (χ1n) is 8.01. The third-order valence-electron chi connectivity index (χ3n) is 5.30. The number of fused-ring (bicyclic) bond motifs is 1. The van der Waals surface area contributed by atoms with E-state index in [0.29, 0.717) is 12.5 Å². The van der Waals surface area contributed by atoms with E-state index >= 15 is 0 Å². The Morgan fingerprint density at radius 1 is 1.38 bits per heavy atom. The van der Waals surface area contributed by atoms with E-state index in [2.05, 4.69) is 29.4 Å². The van der Waals surface area contributed by atoms with Crippen LogP contribution >= 0.6 is 11.8 Å². The van der Waals surface area contributed by atoms with Crippen LogP contribution in [0.5, 0.6) is 0 Å². The Balaban J connectivity index is 1.85. The van der Waals surface area contributed by atoms with Crippen LogP contribution in [0.25, 0.3) is 0 Å². The highest BCUT2D eigenvalue weighted by atomic mass is 32.2. The lowest BCUT2D eigenvalue weighted by atomic mass is 9.71. The molecular weight excluding hydrogens is 280 g/mol. The highest BCUT2D eigenvalue weighted by Gasteiger charge is 2.43. The maximum absolute atomic E-state index is 10.8. The van der Waals surface area contributed by atoms with Gasteiger partial charge in [-0.25, -0.2) is 0 Å². The van der Waals surface area contributed by atoms with Crippen molar-refractivity contribution < 1.29 is 5.11 Å². The number of piperidine rings is 1. The number of hydrogen-bond acceptors (Lipinski definition) is 4. The molecule has 0 spiro atoms. The van der Waals surface area contributed by atoms with E-state index < -0.39 is 5.60 Å². The largest absolute Gasteiger partial charge is 0.389 e. The van der Waals surface area contributed by atoms with Crippen LogP contribution in [0.3, 0.4) is 0 Å². The van der Waals surface area contributed by atoms with Gasteiger partial charge in [-0.05, 0) is 37.7 Å². The van der Waals surface area contributed by atoms with Crippen LogP contribution in [0.15, 0.2) is 23.1 Å². The summed E-state index contributed by atoms with van der Waals surface area (Å²) in [5.41, 5.74) is 8.12. The predicted molar refractivity (Wildman–Crippen MR) is 89.9 cm³/mol. The number of hydrogen-bond donors (Lipinski definition) is 2. The van der Waals surface area contributed by atoms with Crippen LogP contribution in [-0.2, 0) is 6.54 Å². The molecule has 2 unspecified atom stereocenters. The van der Waals surface area contributed by atoms with Crippen molar-refractivity contribution in [1.29, 1.82) is 0 Å². The molecule has 1 aromatic rings. The second-order valence-corrected chi connectivity index (χ2v) is 7.25. The van der Waals surface area contributed by atoms with Gasteiger partial charge in [0.25, 0.3) is 0 Å². The molecule has 1 aliphatic carbocycles. The molecule has 2 fully saturated rings. The molecule has 3 nitrogen and oxygen atoms in total. The molecular formula is C17H26N2OS. The van der Waals surface area contributed by atoms with Gasteiger partial charge in [0.05, 0.1) is 5.60 Å². The molecule has 1 saturated carbocycles. The Labute approximate surface area is 131 Å². The van der Waals surface area contributed by atoms with Gasteiger partial charge in [-0.3, -0.25) is 0 Å². The summed E-state index contributed by atoms with van der Waals surface area (Å²) in [6.45, 7) is 2.50. The lowest BCUT2D eigenvalue weighted by molar-refractivity contribution is -0.0612. The van der Waals surface area contributed by atoms with Crippen molar-refractivity contribution in [3.05, 3.63) is 23.8 Å². The molecule has 3 rings (SSSR count). The Hall–Kier alpha value is -0.710. The summed E-state index contributed by atoms with van der Waals surface area (Å²) in [4.78, 5) is 3.73.